The van der Waals surface area contributed by atoms with E-state index in [0.717, 1.165) is 22.0 Å². The van der Waals surface area contributed by atoms with Gasteiger partial charge in [-0.3, -0.25) is 10.1 Å². The van der Waals surface area contributed by atoms with E-state index in [1.165, 1.54) is 36.7 Å². The zero-order valence-electron chi connectivity index (χ0n) is 16.1. The Labute approximate surface area is 176 Å². The number of benzene rings is 2. The lowest BCUT2D eigenvalue weighted by Crippen LogP contribution is -2.29. The summed E-state index contributed by atoms with van der Waals surface area (Å²) in [6, 6.07) is 17.6. The van der Waals surface area contributed by atoms with Gasteiger partial charge in [-0.15, -0.1) is 11.3 Å². The number of furan rings is 1. The molecule has 2 aromatic carbocycles. The smallest absolute Gasteiger partial charge is 0.331 e. The van der Waals surface area contributed by atoms with Crippen LogP contribution in [0.4, 0.5) is 5.13 Å². The fourth-order valence-electron chi connectivity index (χ4n) is 2.82. The van der Waals surface area contributed by atoms with Gasteiger partial charge in [-0.05, 0) is 42.0 Å². The molecule has 0 radical (unpaired) electrons. The standard InChI is InChI=1S/C23H18N2O4S/c1-15(29-21(26)11-10-19-7-4-12-28-19)22(27)25-23-24-20(14-30-23)18-9-8-16-5-2-3-6-17(16)13-18/h2-15H,1H3,(H,24,25,27)/b11-10+. The molecule has 0 aliphatic heterocycles. The van der Waals surface area contributed by atoms with Crippen molar-refractivity contribution in [3.8, 4) is 11.3 Å². The maximum atomic E-state index is 12.3. The normalized spacial score (nSPS) is 12.2. The molecule has 0 spiro atoms. The minimum atomic E-state index is -0.966. The van der Waals surface area contributed by atoms with Crippen molar-refractivity contribution in [3.05, 3.63) is 78.1 Å². The summed E-state index contributed by atoms with van der Waals surface area (Å²) in [5.74, 6) is -0.563. The first kappa shape index (κ1) is 19.6. The van der Waals surface area contributed by atoms with Crippen molar-refractivity contribution in [1.29, 1.82) is 0 Å². The highest BCUT2D eigenvalue weighted by atomic mass is 32.1. The lowest BCUT2D eigenvalue weighted by atomic mass is 10.1. The zero-order valence-corrected chi connectivity index (χ0v) is 16.9. The highest BCUT2D eigenvalue weighted by Gasteiger charge is 2.18. The number of hydrogen-bond donors (Lipinski definition) is 1. The average Bonchev–Trinajstić information content (AvgIpc) is 3.44. The van der Waals surface area contributed by atoms with E-state index in [1.54, 1.807) is 12.1 Å². The minimum absolute atomic E-state index is 0.442. The predicted octanol–water partition coefficient (Wildman–Crippen LogP) is 5.14. The fraction of sp³-hybridized carbons (Fsp3) is 0.0870. The minimum Gasteiger partial charge on any atom is -0.465 e. The molecule has 1 N–H and O–H groups in total. The molecule has 0 fully saturated rings. The summed E-state index contributed by atoms with van der Waals surface area (Å²) in [6.45, 7) is 1.51. The second-order valence-electron chi connectivity index (χ2n) is 6.52. The van der Waals surface area contributed by atoms with Crippen molar-refractivity contribution in [3.63, 3.8) is 0 Å². The summed E-state index contributed by atoms with van der Waals surface area (Å²) >= 11 is 1.31. The van der Waals surface area contributed by atoms with Crippen molar-refractivity contribution < 1.29 is 18.7 Å². The molecule has 0 aliphatic carbocycles. The van der Waals surface area contributed by atoms with Gasteiger partial charge < -0.3 is 9.15 Å². The third-order valence-corrected chi connectivity index (χ3v) is 5.13. The van der Waals surface area contributed by atoms with Crippen molar-refractivity contribution in [2.45, 2.75) is 13.0 Å². The number of ether oxygens (including phenoxy) is 1. The second-order valence-corrected chi connectivity index (χ2v) is 7.38. The molecule has 1 unspecified atom stereocenters. The molecule has 0 saturated heterocycles. The number of esters is 1. The number of carbonyl (C=O) groups excluding carboxylic acids is 2. The summed E-state index contributed by atoms with van der Waals surface area (Å²) in [5, 5.41) is 7.29. The van der Waals surface area contributed by atoms with Crippen LogP contribution in [0.25, 0.3) is 28.1 Å². The van der Waals surface area contributed by atoms with Crippen LogP contribution in [0.2, 0.25) is 0 Å². The molecule has 4 aromatic rings. The highest BCUT2D eigenvalue weighted by molar-refractivity contribution is 7.14. The third-order valence-electron chi connectivity index (χ3n) is 4.37. The van der Waals surface area contributed by atoms with Gasteiger partial charge in [0.05, 0.1) is 12.0 Å². The van der Waals surface area contributed by atoms with Gasteiger partial charge in [0.1, 0.15) is 5.76 Å². The first-order valence-corrected chi connectivity index (χ1v) is 10.1. The first-order chi connectivity index (χ1) is 14.6. The van der Waals surface area contributed by atoms with Gasteiger partial charge in [0.25, 0.3) is 5.91 Å². The van der Waals surface area contributed by atoms with E-state index in [9.17, 15) is 9.59 Å². The maximum Gasteiger partial charge on any atom is 0.331 e. The summed E-state index contributed by atoms with van der Waals surface area (Å²) in [5.41, 5.74) is 1.74. The van der Waals surface area contributed by atoms with Gasteiger partial charge in [-0.25, -0.2) is 9.78 Å². The number of carbonyl (C=O) groups is 2. The molecule has 1 atom stereocenters. The van der Waals surface area contributed by atoms with Crippen molar-refractivity contribution in [2.75, 3.05) is 5.32 Å². The Kier molecular flexibility index (Phi) is 5.72. The van der Waals surface area contributed by atoms with E-state index >= 15 is 0 Å². The summed E-state index contributed by atoms with van der Waals surface area (Å²) < 4.78 is 10.2. The second kappa shape index (κ2) is 8.75. The predicted molar refractivity (Wildman–Crippen MR) is 117 cm³/mol. The van der Waals surface area contributed by atoms with Gasteiger partial charge in [-0.1, -0.05) is 36.4 Å². The Hall–Kier alpha value is -3.71. The van der Waals surface area contributed by atoms with E-state index in [0.29, 0.717) is 10.9 Å². The van der Waals surface area contributed by atoms with Crippen LogP contribution in [0.15, 0.2) is 76.7 Å². The number of nitrogens with zero attached hydrogens (tertiary/aromatic N) is 1. The van der Waals surface area contributed by atoms with Crippen LogP contribution >= 0.6 is 11.3 Å². The summed E-state index contributed by atoms with van der Waals surface area (Å²) in [7, 11) is 0. The molecule has 7 heteroatoms. The molecule has 2 aromatic heterocycles. The number of rotatable bonds is 6. The molecule has 2 heterocycles. The average molecular weight is 418 g/mol. The van der Waals surface area contributed by atoms with Gasteiger partial charge in [0.2, 0.25) is 0 Å². The molecule has 6 nitrogen and oxygen atoms in total. The SMILES string of the molecule is CC(OC(=O)/C=C/c1ccco1)C(=O)Nc1nc(-c2ccc3ccccc3c2)cs1. The molecule has 30 heavy (non-hydrogen) atoms. The third kappa shape index (κ3) is 4.64. The van der Waals surface area contributed by atoms with Crippen molar-refractivity contribution >= 4 is 45.2 Å². The number of amides is 1. The topological polar surface area (TPSA) is 81.4 Å². The maximum absolute atomic E-state index is 12.3. The number of hydrogen-bond acceptors (Lipinski definition) is 6. The van der Waals surface area contributed by atoms with E-state index in [4.69, 9.17) is 9.15 Å². The van der Waals surface area contributed by atoms with Gasteiger partial charge in [0, 0.05) is 17.0 Å². The van der Waals surface area contributed by atoms with Crippen LogP contribution in [-0.2, 0) is 14.3 Å². The molecule has 1 amide bonds. The van der Waals surface area contributed by atoms with Crippen molar-refractivity contribution in [1.82, 2.24) is 4.98 Å². The Morgan fingerprint density at radius 2 is 1.97 bits per heavy atom. The van der Waals surface area contributed by atoms with E-state index < -0.39 is 18.0 Å². The number of anilines is 1. The summed E-state index contributed by atoms with van der Waals surface area (Å²) in [6.07, 6.45) is 3.22. The fourth-order valence-corrected chi connectivity index (χ4v) is 3.55. The molecular formula is C23H18N2O4S. The Morgan fingerprint density at radius 3 is 2.77 bits per heavy atom. The van der Waals surface area contributed by atoms with Crippen molar-refractivity contribution in [2.24, 2.45) is 0 Å². The van der Waals surface area contributed by atoms with Crippen LogP contribution in [0.5, 0.6) is 0 Å². The molecule has 0 aliphatic rings. The van der Waals surface area contributed by atoms with Crippen LogP contribution in [0.1, 0.15) is 12.7 Å². The number of fused-ring (bicyclic) bond motifs is 1. The Morgan fingerprint density at radius 1 is 1.13 bits per heavy atom. The quantitative estimate of drug-likeness (QED) is 0.346. The van der Waals surface area contributed by atoms with Crippen LogP contribution in [0.3, 0.4) is 0 Å². The van der Waals surface area contributed by atoms with E-state index in [1.807, 2.05) is 35.7 Å². The van der Waals surface area contributed by atoms with Crippen LogP contribution in [0, 0.1) is 0 Å². The Balaban J connectivity index is 1.37. The lowest BCUT2D eigenvalue weighted by molar-refractivity contribution is -0.148. The van der Waals surface area contributed by atoms with E-state index in [2.05, 4.69) is 22.4 Å². The van der Waals surface area contributed by atoms with E-state index in [-0.39, 0.29) is 0 Å². The van der Waals surface area contributed by atoms with Crippen LogP contribution in [-0.4, -0.2) is 23.0 Å². The van der Waals surface area contributed by atoms with Gasteiger partial charge >= 0.3 is 5.97 Å². The monoisotopic (exact) mass is 418 g/mol. The van der Waals surface area contributed by atoms with Gasteiger partial charge in [-0.2, -0.15) is 0 Å². The summed E-state index contributed by atoms with van der Waals surface area (Å²) in [4.78, 5) is 28.7. The number of thiazole rings is 1. The number of nitrogens with one attached hydrogen (secondary N) is 1. The highest BCUT2D eigenvalue weighted by Crippen LogP contribution is 2.27. The molecule has 4 rings (SSSR count). The lowest BCUT2D eigenvalue weighted by Gasteiger charge is -2.10. The molecular weight excluding hydrogens is 400 g/mol. The number of aromatic nitrogens is 1. The largest absolute Gasteiger partial charge is 0.465 e. The zero-order chi connectivity index (χ0) is 20.9. The molecule has 0 bridgehead atoms. The molecule has 0 saturated carbocycles. The van der Waals surface area contributed by atoms with Crippen LogP contribution < -0.4 is 5.32 Å². The Bertz CT molecular complexity index is 1210. The molecule has 150 valence electrons. The van der Waals surface area contributed by atoms with Gasteiger partial charge in [0.15, 0.2) is 11.2 Å². The first-order valence-electron chi connectivity index (χ1n) is 9.26.